The zero-order valence-corrected chi connectivity index (χ0v) is 19.4. The van der Waals surface area contributed by atoms with E-state index in [1.54, 1.807) is 13.8 Å². The molecule has 1 heterocycles. The van der Waals surface area contributed by atoms with Crippen LogP contribution in [-0.2, 0) is 21.9 Å². The van der Waals surface area contributed by atoms with Crippen molar-refractivity contribution in [3.05, 3.63) is 64.7 Å². The van der Waals surface area contributed by atoms with Gasteiger partial charge in [0.2, 0.25) is 5.91 Å². The number of nitrogens with two attached hydrogens (primary N) is 1. The Labute approximate surface area is 202 Å². The van der Waals surface area contributed by atoms with Crippen LogP contribution in [-0.4, -0.2) is 23.9 Å². The zero-order valence-electron chi connectivity index (χ0n) is 19.4. The van der Waals surface area contributed by atoms with Gasteiger partial charge in [-0.3, -0.25) is 4.79 Å². The molecule has 0 unspecified atom stereocenters. The van der Waals surface area contributed by atoms with Crippen molar-refractivity contribution in [2.75, 3.05) is 4.90 Å². The largest absolute Gasteiger partial charge is 0.446 e. The predicted octanol–water partition coefficient (Wildman–Crippen LogP) is 6.52. The van der Waals surface area contributed by atoms with Gasteiger partial charge in [-0.25, -0.2) is 14.1 Å². The summed E-state index contributed by atoms with van der Waals surface area (Å²) in [6.45, 7) is 4.09. The fourth-order valence-corrected chi connectivity index (χ4v) is 4.45. The quantitative estimate of drug-likeness (QED) is 0.369. The summed E-state index contributed by atoms with van der Waals surface area (Å²) in [5.74, 6) is -6.83. The minimum Gasteiger partial charge on any atom is -0.446 e. The van der Waals surface area contributed by atoms with E-state index in [1.807, 2.05) is 0 Å². The highest BCUT2D eigenvalue weighted by molar-refractivity contribution is 5.92. The summed E-state index contributed by atoms with van der Waals surface area (Å²) in [5.41, 5.74) is 1.66. The van der Waals surface area contributed by atoms with Crippen molar-refractivity contribution < 1.29 is 45.1 Å². The van der Waals surface area contributed by atoms with Gasteiger partial charge in [0, 0.05) is 12.3 Å². The lowest BCUT2D eigenvalue weighted by molar-refractivity contribution is -0.143. The molecule has 0 radical (unpaired) electrons. The number of carbonyl (C=O) groups excluding carboxylic acids is 2. The number of para-hydroxylation sites is 1. The van der Waals surface area contributed by atoms with Crippen LogP contribution in [0.5, 0.6) is 0 Å². The molecule has 2 N–H and O–H groups in total. The topological polar surface area (TPSA) is 72.6 Å². The first-order chi connectivity index (χ1) is 16.4. The number of alkyl halides is 7. The molecule has 2 amide bonds. The third-order valence-electron chi connectivity index (χ3n) is 5.83. The van der Waals surface area contributed by atoms with Gasteiger partial charge in [-0.15, -0.1) is 0 Å². The van der Waals surface area contributed by atoms with Gasteiger partial charge in [0.15, 0.2) is 5.79 Å². The highest BCUT2D eigenvalue weighted by Gasteiger charge is 2.49. The molecule has 3 rings (SSSR count). The summed E-state index contributed by atoms with van der Waals surface area (Å²) in [4.78, 5) is 25.9. The van der Waals surface area contributed by atoms with E-state index in [0.717, 1.165) is 6.92 Å². The molecule has 3 atom stereocenters. The third kappa shape index (κ3) is 5.41. The van der Waals surface area contributed by atoms with Crippen LogP contribution < -0.4 is 10.6 Å². The maximum absolute atomic E-state index is 16.0. The van der Waals surface area contributed by atoms with Crippen molar-refractivity contribution in [1.82, 2.24) is 0 Å². The first-order valence-electron chi connectivity index (χ1n) is 10.8. The summed E-state index contributed by atoms with van der Waals surface area (Å²) in [6.07, 6.45) is -12.6. The molecule has 36 heavy (non-hydrogen) atoms. The molecule has 0 fully saturated rings. The Hall–Kier alpha value is -3.31. The molecular formula is C24H23F7N2O3. The molecule has 2 aromatic carbocycles. The predicted molar refractivity (Wildman–Crippen MR) is 116 cm³/mol. The summed E-state index contributed by atoms with van der Waals surface area (Å²) in [6, 6.07) is 6.41. The van der Waals surface area contributed by atoms with Crippen LogP contribution in [0.2, 0.25) is 0 Å². The number of rotatable bonds is 4. The molecule has 0 saturated carbocycles. The van der Waals surface area contributed by atoms with Crippen molar-refractivity contribution in [1.29, 1.82) is 0 Å². The minimum atomic E-state index is -5.16. The second-order valence-electron chi connectivity index (χ2n) is 9.00. The molecule has 1 aliphatic rings. The van der Waals surface area contributed by atoms with E-state index in [2.05, 4.69) is 0 Å². The van der Waals surface area contributed by atoms with Crippen molar-refractivity contribution >= 4 is 17.7 Å². The molecule has 0 spiro atoms. The summed E-state index contributed by atoms with van der Waals surface area (Å²) in [5, 5.41) is 0. The lowest BCUT2D eigenvalue weighted by Gasteiger charge is -2.44. The van der Waals surface area contributed by atoms with E-state index in [4.69, 9.17) is 10.5 Å². The van der Waals surface area contributed by atoms with E-state index in [-0.39, 0.29) is 17.3 Å². The molecule has 5 nitrogen and oxygen atoms in total. The number of halogens is 7. The van der Waals surface area contributed by atoms with Gasteiger partial charge in [0.05, 0.1) is 28.8 Å². The Morgan fingerprint density at radius 3 is 2.03 bits per heavy atom. The van der Waals surface area contributed by atoms with Crippen LogP contribution in [0.3, 0.4) is 0 Å². The van der Waals surface area contributed by atoms with Gasteiger partial charge in [0.1, 0.15) is 0 Å². The van der Waals surface area contributed by atoms with Gasteiger partial charge in [0.25, 0.3) is 0 Å². The first-order valence-corrected chi connectivity index (χ1v) is 10.8. The van der Waals surface area contributed by atoms with Crippen LogP contribution >= 0.6 is 0 Å². The number of fused-ring (bicyclic) bond motifs is 1. The molecule has 0 aliphatic carbocycles. The van der Waals surface area contributed by atoms with Crippen molar-refractivity contribution in [2.45, 2.75) is 63.3 Å². The average molecular weight is 520 g/mol. The fourth-order valence-electron chi connectivity index (χ4n) is 4.45. The van der Waals surface area contributed by atoms with Gasteiger partial charge < -0.3 is 10.5 Å². The number of benzene rings is 2. The standard InChI is InChI=1S/C24H23F7N2O3/c1-12(2)36-21(35)33-18-7-5-4-6-16(18)17(11-22(33,3)25)19(20(32)34)13-8-14(23(26,27)28)10-15(9-13)24(29,30)31/h4-10,12,17,19H,11H2,1-3H3,(H2,32,34)/t17-,19+,22-/m0/s1. The molecule has 0 bridgehead atoms. The number of primary amides is 1. The summed E-state index contributed by atoms with van der Waals surface area (Å²) < 4.78 is 102. The average Bonchev–Trinajstić information content (AvgIpc) is 2.71. The lowest BCUT2D eigenvalue weighted by Crippen LogP contribution is -2.52. The maximum atomic E-state index is 16.0. The highest BCUT2D eigenvalue weighted by Crippen LogP contribution is 2.51. The van der Waals surface area contributed by atoms with Gasteiger partial charge >= 0.3 is 18.4 Å². The Balaban J connectivity index is 2.23. The maximum Gasteiger partial charge on any atom is 0.417 e. The molecule has 0 aromatic heterocycles. The number of hydrogen-bond acceptors (Lipinski definition) is 3. The Kier molecular flexibility index (Phi) is 7.04. The number of anilines is 1. The Morgan fingerprint density at radius 2 is 1.56 bits per heavy atom. The van der Waals surface area contributed by atoms with Crippen molar-refractivity contribution in [2.24, 2.45) is 5.73 Å². The van der Waals surface area contributed by atoms with E-state index >= 15 is 4.39 Å². The molecular weight excluding hydrogens is 497 g/mol. The monoisotopic (exact) mass is 520 g/mol. The van der Waals surface area contributed by atoms with Gasteiger partial charge in [-0.1, -0.05) is 18.2 Å². The van der Waals surface area contributed by atoms with Crippen LogP contribution in [0.4, 0.5) is 41.2 Å². The van der Waals surface area contributed by atoms with Crippen LogP contribution in [0.15, 0.2) is 42.5 Å². The van der Waals surface area contributed by atoms with Gasteiger partial charge in [-0.2, -0.15) is 26.3 Å². The smallest absolute Gasteiger partial charge is 0.417 e. The molecule has 2 aromatic rings. The first kappa shape index (κ1) is 27.3. The number of ether oxygens (including phenoxy) is 1. The Morgan fingerprint density at radius 1 is 1.03 bits per heavy atom. The third-order valence-corrected chi connectivity index (χ3v) is 5.83. The van der Waals surface area contributed by atoms with Crippen molar-refractivity contribution in [3.63, 3.8) is 0 Å². The SMILES string of the molecule is CC(C)OC(=O)N1c2ccccc2[C@@H]([C@H](C(N)=O)c2cc(C(F)(F)F)cc(C(F)(F)F)c2)C[C@@]1(C)F. The van der Waals surface area contributed by atoms with E-state index in [9.17, 15) is 35.9 Å². The minimum absolute atomic E-state index is 0.0429. The molecule has 12 heteroatoms. The Bertz CT molecular complexity index is 1130. The van der Waals surface area contributed by atoms with Crippen molar-refractivity contribution in [3.8, 4) is 0 Å². The number of hydrogen-bond donors (Lipinski definition) is 1. The highest BCUT2D eigenvalue weighted by atomic mass is 19.4. The van der Waals surface area contributed by atoms with Crippen LogP contribution in [0.1, 0.15) is 61.3 Å². The second kappa shape index (κ2) is 9.29. The fraction of sp³-hybridized carbons (Fsp3) is 0.417. The lowest BCUT2D eigenvalue weighted by atomic mass is 9.73. The second-order valence-corrected chi connectivity index (χ2v) is 9.00. The summed E-state index contributed by atoms with van der Waals surface area (Å²) >= 11 is 0. The van der Waals surface area contributed by atoms with E-state index < -0.39 is 71.2 Å². The summed E-state index contributed by atoms with van der Waals surface area (Å²) in [7, 11) is 0. The van der Waals surface area contributed by atoms with Crippen LogP contribution in [0.25, 0.3) is 0 Å². The molecule has 1 aliphatic heterocycles. The molecule has 196 valence electrons. The normalized spacial score (nSPS) is 21.2. The van der Waals surface area contributed by atoms with Crippen LogP contribution in [0, 0.1) is 0 Å². The zero-order chi connectivity index (χ0) is 27.2. The van der Waals surface area contributed by atoms with E-state index in [1.165, 1.54) is 24.3 Å². The van der Waals surface area contributed by atoms with E-state index in [0.29, 0.717) is 17.0 Å². The van der Waals surface area contributed by atoms with Gasteiger partial charge in [-0.05, 0) is 56.2 Å². The number of amides is 2. The molecule has 0 saturated heterocycles. The number of nitrogens with zero attached hydrogens (tertiary/aromatic N) is 1. The number of carbonyl (C=O) groups is 2.